The van der Waals surface area contributed by atoms with E-state index in [2.05, 4.69) is 10.1 Å². The van der Waals surface area contributed by atoms with E-state index in [1.54, 1.807) is 0 Å². The highest BCUT2D eigenvalue weighted by molar-refractivity contribution is 5.92. The second-order valence-electron chi connectivity index (χ2n) is 3.44. The zero-order chi connectivity index (χ0) is 13.3. The van der Waals surface area contributed by atoms with Gasteiger partial charge in [-0.2, -0.15) is 18.3 Å². The highest BCUT2D eigenvalue weighted by Gasteiger charge is 2.30. The fourth-order valence-corrected chi connectivity index (χ4v) is 1.26. The molecule has 0 fully saturated rings. The van der Waals surface area contributed by atoms with Gasteiger partial charge in [0, 0.05) is 12.4 Å². The first-order valence-electron chi connectivity index (χ1n) is 4.76. The summed E-state index contributed by atoms with van der Waals surface area (Å²) in [7, 11) is 0. The predicted octanol–water partition coefficient (Wildman–Crippen LogP) is 1.39. The van der Waals surface area contributed by atoms with Gasteiger partial charge in [0.25, 0.3) is 5.91 Å². The van der Waals surface area contributed by atoms with Crippen molar-refractivity contribution in [3.05, 3.63) is 41.9 Å². The molecule has 8 heteroatoms. The number of amides is 1. The Balaban J connectivity index is 2.31. The highest BCUT2D eigenvalue weighted by Crippen LogP contribution is 2.28. The number of aromatic nitrogens is 3. The second-order valence-corrected chi connectivity index (χ2v) is 3.44. The molecule has 2 heterocycles. The van der Waals surface area contributed by atoms with Gasteiger partial charge in [-0.25, -0.2) is 9.67 Å². The summed E-state index contributed by atoms with van der Waals surface area (Å²) in [5.74, 6) is -0.510. The molecule has 0 saturated heterocycles. The van der Waals surface area contributed by atoms with Crippen molar-refractivity contribution in [2.45, 2.75) is 6.18 Å². The van der Waals surface area contributed by atoms with Crippen molar-refractivity contribution in [3.8, 4) is 5.82 Å². The lowest BCUT2D eigenvalue weighted by Gasteiger charge is -2.06. The molecule has 0 atom stereocenters. The normalized spacial score (nSPS) is 11.5. The first-order valence-corrected chi connectivity index (χ1v) is 4.76. The van der Waals surface area contributed by atoms with E-state index >= 15 is 0 Å². The van der Waals surface area contributed by atoms with Crippen LogP contribution in [0.1, 0.15) is 15.9 Å². The van der Waals surface area contributed by atoms with Crippen molar-refractivity contribution >= 4 is 5.91 Å². The van der Waals surface area contributed by atoms with Crippen LogP contribution in [0.5, 0.6) is 0 Å². The SMILES string of the molecule is NC(=O)c1cnn(-c2ccc(C(F)(F)F)cn2)c1. The van der Waals surface area contributed by atoms with Crippen LogP contribution in [0, 0.1) is 0 Å². The van der Waals surface area contributed by atoms with E-state index in [-0.39, 0.29) is 11.4 Å². The Labute approximate surface area is 99.0 Å². The van der Waals surface area contributed by atoms with Crippen LogP contribution in [-0.2, 0) is 6.18 Å². The first kappa shape index (κ1) is 12.1. The molecule has 2 rings (SSSR count). The molecular formula is C10H7F3N4O. The number of nitrogens with two attached hydrogens (primary N) is 1. The van der Waals surface area contributed by atoms with E-state index in [0.717, 1.165) is 12.1 Å². The first-order chi connectivity index (χ1) is 8.38. The Morgan fingerprint density at radius 2 is 2.00 bits per heavy atom. The van der Waals surface area contributed by atoms with Crippen molar-refractivity contribution in [2.75, 3.05) is 0 Å². The Hall–Kier alpha value is -2.38. The number of carbonyl (C=O) groups excluding carboxylic acids is 1. The lowest BCUT2D eigenvalue weighted by molar-refractivity contribution is -0.137. The van der Waals surface area contributed by atoms with Gasteiger partial charge in [0.05, 0.1) is 17.3 Å². The van der Waals surface area contributed by atoms with Gasteiger partial charge in [-0.1, -0.05) is 0 Å². The van der Waals surface area contributed by atoms with Gasteiger partial charge in [-0.3, -0.25) is 4.79 Å². The van der Waals surface area contributed by atoms with Gasteiger partial charge in [-0.05, 0) is 12.1 Å². The van der Waals surface area contributed by atoms with Crippen molar-refractivity contribution in [1.82, 2.24) is 14.8 Å². The highest BCUT2D eigenvalue weighted by atomic mass is 19.4. The van der Waals surface area contributed by atoms with Crippen LogP contribution in [0.25, 0.3) is 5.82 Å². The number of nitrogens with zero attached hydrogens (tertiary/aromatic N) is 3. The molecular weight excluding hydrogens is 249 g/mol. The molecule has 0 radical (unpaired) electrons. The van der Waals surface area contributed by atoms with E-state index in [0.29, 0.717) is 6.20 Å². The van der Waals surface area contributed by atoms with Crippen molar-refractivity contribution < 1.29 is 18.0 Å². The molecule has 2 N–H and O–H groups in total. The summed E-state index contributed by atoms with van der Waals surface area (Å²) in [6.45, 7) is 0. The van der Waals surface area contributed by atoms with E-state index in [1.165, 1.54) is 17.1 Å². The van der Waals surface area contributed by atoms with E-state index < -0.39 is 17.6 Å². The van der Waals surface area contributed by atoms with Crippen LogP contribution in [0.4, 0.5) is 13.2 Å². The lowest BCUT2D eigenvalue weighted by atomic mass is 10.3. The minimum Gasteiger partial charge on any atom is -0.366 e. The maximum Gasteiger partial charge on any atom is 0.417 e. The van der Waals surface area contributed by atoms with Crippen molar-refractivity contribution in [1.29, 1.82) is 0 Å². The number of hydrogen-bond donors (Lipinski definition) is 1. The van der Waals surface area contributed by atoms with Crippen molar-refractivity contribution in [3.63, 3.8) is 0 Å². The van der Waals surface area contributed by atoms with Crippen LogP contribution in [0.3, 0.4) is 0 Å². The average molecular weight is 256 g/mol. The summed E-state index contributed by atoms with van der Waals surface area (Å²) in [6, 6.07) is 2.04. The summed E-state index contributed by atoms with van der Waals surface area (Å²) < 4.78 is 38.1. The van der Waals surface area contributed by atoms with E-state index in [4.69, 9.17) is 5.73 Å². The van der Waals surface area contributed by atoms with E-state index in [9.17, 15) is 18.0 Å². The fourth-order valence-electron chi connectivity index (χ4n) is 1.26. The van der Waals surface area contributed by atoms with Crippen LogP contribution >= 0.6 is 0 Å². The maximum absolute atomic E-state index is 12.3. The summed E-state index contributed by atoms with van der Waals surface area (Å²) >= 11 is 0. The topological polar surface area (TPSA) is 73.8 Å². The zero-order valence-corrected chi connectivity index (χ0v) is 8.85. The summed E-state index contributed by atoms with van der Waals surface area (Å²) in [5.41, 5.74) is 4.32. The molecule has 5 nitrogen and oxygen atoms in total. The van der Waals surface area contributed by atoms with Gasteiger partial charge in [0.2, 0.25) is 0 Å². The number of pyridine rings is 1. The molecule has 2 aromatic rings. The van der Waals surface area contributed by atoms with Gasteiger partial charge >= 0.3 is 6.18 Å². The number of primary amides is 1. The summed E-state index contributed by atoms with van der Waals surface area (Å²) in [4.78, 5) is 14.4. The quantitative estimate of drug-likeness (QED) is 0.882. The molecule has 18 heavy (non-hydrogen) atoms. The molecule has 0 aliphatic heterocycles. The molecule has 1 amide bonds. The minimum atomic E-state index is -4.44. The van der Waals surface area contributed by atoms with Gasteiger partial charge in [0.1, 0.15) is 0 Å². The molecule has 94 valence electrons. The van der Waals surface area contributed by atoms with E-state index in [1.807, 2.05) is 0 Å². The van der Waals surface area contributed by atoms with Crippen LogP contribution in [0.15, 0.2) is 30.7 Å². The lowest BCUT2D eigenvalue weighted by Crippen LogP contribution is -2.09. The van der Waals surface area contributed by atoms with Gasteiger partial charge < -0.3 is 5.73 Å². The number of hydrogen-bond acceptors (Lipinski definition) is 3. The molecule has 0 aromatic carbocycles. The Morgan fingerprint density at radius 1 is 1.28 bits per heavy atom. The van der Waals surface area contributed by atoms with Gasteiger partial charge in [-0.15, -0.1) is 0 Å². The molecule has 0 aliphatic rings. The second kappa shape index (κ2) is 4.13. The Morgan fingerprint density at radius 3 is 2.44 bits per heavy atom. The number of carbonyl (C=O) groups is 1. The number of halogens is 3. The van der Waals surface area contributed by atoms with Crippen molar-refractivity contribution in [2.24, 2.45) is 5.73 Å². The standard InChI is InChI=1S/C10H7F3N4O/c11-10(12,13)7-1-2-8(15-4-7)17-5-6(3-16-17)9(14)18/h1-5H,(H2,14,18). The summed E-state index contributed by atoms with van der Waals surface area (Å²) in [5, 5.41) is 3.77. The maximum atomic E-state index is 12.3. The third-order valence-corrected chi connectivity index (χ3v) is 2.18. The smallest absolute Gasteiger partial charge is 0.366 e. The Kier molecular flexibility index (Phi) is 2.77. The molecule has 0 spiro atoms. The largest absolute Gasteiger partial charge is 0.417 e. The van der Waals surface area contributed by atoms with Crippen LogP contribution in [-0.4, -0.2) is 20.7 Å². The zero-order valence-electron chi connectivity index (χ0n) is 8.85. The molecule has 0 bridgehead atoms. The third-order valence-electron chi connectivity index (χ3n) is 2.18. The molecule has 0 saturated carbocycles. The minimum absolute atomic E-state index is 0.150. The average Bonchev–Trinajstić information content (AvgIpc) is 2.77. The number of alkyl halides is 3. The van der Waals surface area contributed by atoms with Gasteiger partial charge in [0.15, 0.2) is 5.82 Å². The Bertz CT molecular complexity index is 574. The number of rotatable bonds is 2. The van der Waals surface area contributed by atoms with Crippen LogP contribution in [0.2, 0.25) is 0 Å². The molecule has 2 aromatic heterocycles. The summed E-state index contributed by atoms with van der Waals surface area (Å²) in [6.07, 6.45) is -1.24. The third kappa shape index (κ3) is 2.31. The molecule has 0 aliphatic carbocycles. The monoisotopic (exact) mass is 256 g/mol. The predicted molar refractivity (Wildman–Crippen MR) is 54.9 cm³/mol. The van der Waals surface area contributed by atoms with Crippen LogP contribution < -0.4 is 5.73 Å². The fraction of sp³-hybridized carbons (Fsp3) is 0.100. The molecule has 0 unspecified atom stereocenters.